The molecule has 0 saturated heterocycles. The molecule has 1 saturated carbocycles. The largest absolute Gasteiger partial charge is 0.388 e. The van der Waals surface area contributed by atoms with Crippen LogP contribution in [0.4, 0.5) is 0 Å². The molecule has 0 radical (unpaired) electrons. The van der Waals surface area contributed by atoms with Gasteiger partial charge in [-0.25, -0.2) is 0 Å². The van der Waals surface area contributed by atoms with Crippen LogP contribution in [0, 0.1) is 0 Å². The SMILES string of the molecule is CC(O)c1ccc(C2(CNC(=O)C(c3ccccc3)c3ccccc3)CCCC2)s1. The van der Waals surface area contributed by atoms with Crippen molar-refractivity contribution in [2.24, 2.45) is 0 Å². The molecule has 2 N–H and O–H groups in total. The van der Waals surface area contributed by atoms with Crippen molar-refractivity contribution in [2.45, 2.75) is 50.0 Å². The summed E-state index contributed by atoms with van der Waals surface area (Å²) in [5.41, 5.74) is 1.99. The van der Waals surface area contributed by atoms with Crippen molar-refractivity contribution in [1.82, 2.24) is 5.32 Å². The van der Waals surface area contributed by atoms with E-state index in [1.165, 1.54) is 17.7 Å². The van der Waals surface area contributed by atoms with Gasteiger partial charge in [0.2, 0.25) is 5.91 Å². The summed E-state index contributed by atoms with van der Waals surface area (Å²) in [6.07, 6.45) is 4.07. The Bertz CT molecular complexity index is 919. The molecule has 3 nitrogen and oxygen atoms in total. The predicted octanol–water partition coefficient (Wildman–Crippen LogP) is 5.56. The second-order valence-corrected chi connectivity index (χ2v) is 9.45. The lowest BCUT2D eigenvalue weighted by molar-refractivity contribution is -0.122. The third kappa shape index (κ3) is 4.35. The third-order valence-corrected chi connectivity index (χ3v) is 7.75. The molecule has 1 atom stereocenters. The number of carbonyl (C=O) groups excluding carboxylic acids is 1. The normalized spacial score (nSPS) is 16.5. The van der Waals surface area contributed by atoms with Crippen molar-refractivity contribution in [3.05, 3.63) is 93.7 Å². The fourth-order valence-corrected chi connectivity index (χ4v) is 5.76. The zero-order chi connectivity index (χ0) is 21.0. The highest BCUT2D eigenvalue weighted by molar-refractivity contribution is 7.12. The minimum Gasteiger partial charge on any atom is -0.388 e. The summed E-state index contributed by atoms with van der Waals surface area (Å²) in [5, 5.41) is 13.3. The number of thiophene rings is 1. The van der Waals surface area contributed by atoms with E-state index in [0.717, 1.165) is 28.8 Å². The topological polar surface area (TPSA) is 49.3 Å². The van der Waals surface area contributed by atoms with Crippen LogP contribution in [-0.2, 0) is 10.2 Å². The Morgan fingerprint density at radius 2 is 1.53 bits per heavy atom. The fraction of sp³-hybridized carbons (Fsp3) is 0.346. The van der Waals surface area contributed by atoms with E-state index in [4.69, 9.17) is 0 Å². The van der Waals surface area contributed by atoms with E-state index in [1.807, 2.05) is 73.7 Å². The Morgan fingerprint density at radius 3 is 2.03 bits per heavy atom. The van der Waals surface area contributed by atoms with Gasteiger partial charge in [0.05, 0.1) is 12.0 Å². The Hall–Kier alpha value is -2.43. The van der Waals surface area contributed by atoms with E-state index in [2.05, 4.69) is 11.4 Å². The number of rotatable bonds is 7. The minimum atomic E-state index is -0.447. The Balaban J connectivity index is 1.57. The van der Waals surface area contributed by atoms with Gasteiger partial charge in [-0.05, 0) is 43.0 Å². The second-order valence-electron chi connectivity index (χ2n) is 8.34. The van der Waals surface area contributed by atoms with Crippen LogP contribution in [0.15, 0.2) is 72.8 Å². The molecule has 1 unspecified atom stereocenters. The first-order chi connectivity index (χ1) is 14.6. The first kappa shape index (κ1) is 20.8. The van der Waals surface area contributed by atoms with E-state index in [-0.39, 0.29) is 17.2 Å². The van der Waals surface area contributed by atoms with Crippen LogP contribution < -0.4 is 5.32 Å². The van der Waals surface area contributed by atoms with Gasteiger partial charge in [0, 0.05) is 21.7 Å². The highest BCUT2D eigenvalue weighted by Crippen LogP contribution is 2.44. The number of aliphatic hydroxyl groups excluding tert-OH is 1. The summed E-state index contributed by atoms with van der Waals surface area (Å²) in [6.45, 7) is 2.45. The van der Waals surface area contributed by atoms with Crippen LogP contribution in [0.5, 0.6) is 0 Å². The molecule has 0 aliphatic heterocycles. The van der Waals surface area contributed by atoms with Crippen molar-refractivity contribution in [3.8, 4) is 0 Å². The number of carbonyl (C=O) groups is 1. The third-order valence-electron chi connectivity index (χ3n) is 6.25. The van der Waals surface area contributed by atoms with E-state index >= 15 is 0 Å². The van der Waals surface area contributed by atoms with Crippen LogP contribution in [0.3, 0.4) is 0 Å². The smallest absolute Gasteiger partial charge is 0.232 e. The maximum atomic E-state index is 13.4. The lowest BCUT2D eigenvalue weighted by Crippen LogP contribution is -2.40. The van der Waals surface area contributed by atoms with E-state index in [1.54, 1.807) is 11.3 Å². The molecule has 30 heavy (non-hydrogen) atoms. The first-order valence-corrected chi connectivity index (χ1v) is 11.6. The summed E-state index contributed by atoms with van der Waals surface area (Å²) in [6, 6.07) is 24.2. The summed E-state index contributed by atoms with van der Waals surface area (Å²) in [4.78, 5) is 15.7. The van der Waals surface area contributed by atoms with Gasteiger partial charge < -0.3 is 10.4 Å². The Kier molecular flexibility index (Phi) is 6.35. The van der Waals surface area contributed by atoms with Gasteiger partial charge in [-0.2, -0.15) is 0 Å². The number of aliphatic hydroxyl groups is 1. The predicted molar refractivity (Wildman–Crippen MR) is 123 cm³/mol. The van der Waals surface area contributed by atoms with Crippen LogP contribution >= 0.6 is 11.3 Å². The summed E-state index contributed by atoms with van der Waals surface area (Å²) in [7, 11) is 0. The summed E-state index contributed by atoms with van der Waals surface area (Å²) in [5.74, 6) is -0.270. The molecular weight excluding hydrogens is 390 g/mol. The monoisotopic (exact) mass is 419 g/mol. The molecule has 1 heterocycles. The molecule has 1 fully saturated rings. The van der Waals surface area contributed by atoms with Crippen molar-refractivity contribution < 1.29 is 9.90 Å². The van der Waals surface area contributed by atoms with E-state index < -0.39 is 6.10 Å². The van der Waals surface area contributed by atoms with Gasteiger partial charge in [-0.3, -0.25) is 4.79 Å². The average Bonchev–Trinajstić information content (AvgIpc) is 3.45. The van der Waals surface area contributed by atoms with Gasteiger partial charge in [-0.1, -0.05) is 73.5 Å². The summed E-state index contributed by atoms with van der Waals surface area (Å²) >= 11 is 1.69. The Morgan fingerprint density at radius 1 is 0.967 bits per heavy atom. The molecule has 1 amide bonds. The molecule has 1 aliphatic carbocycles. The van der Waals surface area contributed by atoms with E-state index in [0.29, 0.717) is 6.54 Å². The number of nitrogens with one attached hydrogen (secondary N) is 1. The van der Waals surface area contributed by atoms with Crippen molar-refractivity contribution in [3.63, 3.8) is 0 Å². The summed E-state index contributed by atoms with van der Waals surface area (Å²) < 4.78 is 0. The zero-order valence-corrected chi connectivity index (χ0v) is 18.2. The van der Waals surface area contributed by atoms with Gasteiger partial charge in [0.1, 0.15) is 0 Å². The fourth-order valence-electron chi connectivity index (χ4n) is 4.57. The lowest BCUT2D eigenvalue weighted by atomic mass is 9.83. The van der Waals surface area contributed by atoms with Gasteiger partial charge in [-0.15, -0.1) is 11.3 Å². The molecule has 156 valence electrons. The molecule has 1 aromatic heterocycles. The molecular formula is C26H29NO2S. The standard InChI is InChI=1S/C26H29NO2S/c1-19(28)22-14-15-23(30-22)26(16-8-9-17-26)18-27-25(29)24(20-10-4-2-5-11-20)21-12-6-3-7-13-21/h2-7,10-15,19,24,28H,8-9,16-18H2,1H3,(H,27,29). The Labute approximate surface area is 182 Å². The quantitative estimate of drug-likeness (QED) is 0.527. The van der Waals surface area contributed by atoms with Crippen molar-refractivity contribution >= 4 is 17.2 Å². The molecule has 4 heteroatoms. The number of amides is 1. The second kappa shape index (κ2) is 9.15. The van der Waals surface area contributed by atoms with E-state index in [9.17, 15) is 9.90 Å². The molecule has 3 aromatic rings. The van der Waals surface area contributed by atoms with Crippen molar-refractivity contribution in [1.29, 1.82) is 0 Å². The van der Waals surface area contributed by atoms with Crippen LogP contribution in [-0.4, -0.2) is 17.6 Å². The maximum absolute atomic E-state index is 13.4. The highest BCUT2D eigenvalue weighted by atomic mass is 32.1. The van der Waals surface area contributed by atoms with Crippen LogP contribution in [0.1, 0.15) is 65.5 Å². The van der Waals surface area contributed by atoms with Gasteiger partial charge >= 0.3 is 0 Å². The number of hydrogen-bond donors (Lipinski definition) is 2. The number of hydrogen-bond acceptors (Lipinski definition) is 3. The average molecular weight is 420 g/mol. The highest BCUT2D eigenvalue weighted by Gasteiger charge is 2.38. The number of benzene rings is 2. The molecule has 2 aromatic carbocycles. The molecule has 1 aliphatic rings. The van der Waals surface area contributed by atoms with Gasteiger partial charge in [0.15, 0.2) is 0 Å². The van der Waals surface area contributed by atoms with Crippen molar-refractivity contribution in [2.75, 3.05) is 6.54 Å². The van der Waals surface area contributed by atoms with Crippen LogP contribution in [0.25, 0.3) is 0 Å². The molecule has 0 bridgehead atoms. The van der Waals surface area contributed by atoms with Crippen LogP contribution in [0.2, 0.25) is 0 Å². The lowest BCUT2D eigenvalue weighted by Gasteiger charge is -2.29. The zero-order valence-electron chi connectivity index (χ0n) is 17.4. The maximum Gasteiger partial charge on any atom is 0.232 e. The first-order valence-electron chi connectivity index (χ1n) is 10.7. The van der Waals surface area contributed by atoms with Gasteiger partial charge in [0.25, 0.3) is 0 Å². The molecule has 0 spiro atoms. The molecule has 4 rings (SSSR count). The minimum absolute atomic E-state index is 0.0224.